The van der Waals surface area contributed by atoms with Crippen LogP contribution in [0.4, 0.5) is 0 Å². The minimum absolute atomic E-state index is 0. The monoisotopic (exact) mass is 395 g/mol. The van der Waals surface area contributed by atoms with Crippen molar-refractivity contribution < 1.29 is 9.21 Å². The molecule has 140 valence electrons. The van der Waals surface area contributed by atoms with E-state index in [4.69, 9.17) is 4.42 Å². The zero-order valence-corrected chi connectivity index (χ0v) is 16.3. The van der Waals surface area contributed by atoms with E-state index in [1.165, 1.54) is 0 Å². The molecule has 0 aliphatic rings. The number of carbonyl (C=O) groups is 1. The van der Waals surface area contributed by atoms with Crippen molar-refractivity contribution in [2.45, 2.75) is 19.9 Å². The van der Waals surface area contributed by atoms with Gasteiger partial charge >= 0.3 is 0 Å². The molecule has 3 aromatic rings. The summed E-state index contributed by atoms with van der Waals surface area (Å²) >= 11 is 0. The minimum Gasteiger partial charge on any atom is -0.463 e. The Morgan fingerprint density at radius 1 is 1.19 bits per heavy atom. The number of aromatic nitrogens is 1. The van der Waals surface area contributed by atoms with Gasteiger partial charge < -0.3 is 15.1 Å². The van der Waals surface area contributed by atoms with E-state index in [0.717, 1.165) is 17.4 Å². The Kier molecular flexibility index (Phi) is 8.58. The fourth-order valence-electron chi connectivity index (χ4n) is 2.68. The van der Waals surface area contributed by atoms with Crippen LogP contribution in [0, 0.1) is 0 Å². The van der Waals surface area contributed by atoms with E-state index in [9.17, 15) is 4.79 Å². The molecule has 2 heterocycles. The largest absolute Gasteiger partial charge is 0.463 e. The van der Waals surface area contributed by atoms with Gasteiger partial charge in [0, 0.05) is 18.0 Å². The van der Waals surface area contributed by atoms with Crippen molar-refractivity contribution in [3.8, 4) is 11.5 Å². The molecule has 0 fully saturated rings. The van der Waals surface area contributed by atoms with Gasteiger partial charge in [0.05, 0.1) is 17.3 Å². The van der Waals surface area contributed by atoms with Crippen molar-refractivity contribution >= 4 is 41.6 Å². The molecule has 0 spiro atoms. The van der Waals surface area contributed by atoms with Crippen LogP contribution in [0.1, 0.15) is 24.2 Å². The highest BCUT2D eigenvalue weighted by atomic mass is 35.5. The molecule has 26 heavy (non-hydrogen) atoms. The number of likely N-dealkylation sites (N-methyl/N-ethyl adjacent to an activating group) is 1. The number of furan rings is 1. The van der Waals surface area contributed by atoms with Crippen molar-refractivity contribution in [3.63, 3.8) is 0 Å². The van der Waals surface area contributed by atoms with Gasteiger partial charge in [0.1, 0.15) is 5.69 Å². The lowest BCUT2D eigenvalue weighted by molar-refractivity contribution is 0.0952. The first-order valence-corrected chi connectivity index (χ1v) is 8.14. The van der Waals surface area contributed by atoms with E-state index >= 15 is 0 Å². The number of rotatable bonds is 6. The van der Waals surface area contributed by atoms with Crippen molar-refractivity contribution in [2.24, 2.45) is 0 Å². The molecule has 5 nitrogen and oxygen atoms in total. The lowest BCUT2D eigenvalue weighted by Gasteiger charge is -2.14. The summed E-state index contributed by atoms with van der Waals surface area (Å²) in [7, 11) is 0. The maximum Gasteiger partial charge on any atom is 0.252 e. The number of carbonyl (C=O) groups excluding carboxylic acids is 1. The highest BCUT2D eigenvalue weighted by Crippen LogP contribution is 2.25. The Hall–Kier alpha value is -2.08. The molecule has 0 unspecified atom stereocenters. The quantitative estimate of drug-likeness (QED) is 0.659. The third kappa shape index (κ3) is 4.97. The number of pyridine rings is 1. The van der Waals surface area contributed by atoms with Crippen LogP contribution in [0.2, 0.25) is 0 Å². The lowest BCUT2D eigenvalue weighted by atomic mass is 10.1. The number of hydrogen-bond acceptors (Lipinski definition) is 4. The molecule has 0 aliphatic carbocycles. The van der Waals surface area contributed by atoms with Gasteiger partial charge in [-0.3, -0.25) is 4.79 Å². The number of nitrogens with zero attached hydrogens (tertiary/aromatic N) is 1. The maximum absolute atomic E-state index is 12.7. The van der Waals surface area contributed by atoms with Gasteiger partial charge in [0.2, 0.25) is 0 Å². The first-order valence-electron chi connectivity index (χ1n) is 8.14. The summed E-state index contributed by atoms with van der Waals surface area (Å²) in [5.41, 5.74) is 2.04. The number of benzene rings is 1. The van der Waals surface area contributed by atoms with E-state index in [1.807, 2.05) is 50.2 Å². The molecule has 1 atom stereocenters. The molecule has 0 radical (unpaired) electrons. The van der Waals surface area contributed by atoms with Crippen LogP contribution >= 0.6 is 24.8 Å². The number of hydrogen-bond donors (Lipinski definition) is 2. The molecule has 0 bridgehead atoms. The SMILES string of the molecule is CCN[C@H](C)CNC(=O)c1cc(-c2ccco2)nc2ccccc12.Cl.Cl. The minimum atomic E-state index is -0.105. The first kappa shape index (κ1) is 22.0. The second kappa shape index (κ2) is 10.2. The zero-order chi connectivity index (χ0) is 16.9. The molecule has 0 saturated carbocycles. The topological polar surface area (TPSA) is 67.2 Å². The Morgan fingerprint density at radius 3 is 2.65 bits per heavy atom. The number of para-hydroxylation sites is 1. The van der Waals surface area contributed by atoms with Crippen LogP contribution in [0.3, 0.4) is 0 Å². The van der Waals surface area contributed by atoms with Crippen LogP contribution in [-0.4, -0.2) is 30.0 Å². The maximum atomic E-state index is 12.7. The van der Waals surface area contributed by atoms with E-state index in [2.05, 4.69) is 15.6 Å². The van der Waals surface area contributed by atoms with Gasteiger partial charge in [-0.05, 0) is 37.7 Å². The number of amides is 1. The van der Waals surface area contributed by atoms with Crippen LogP contribution < -0.4 is 10.6 Å². The molecule has 2 N–H and O–H groups in total. The molecule has 3 rings (SSSR count). The lowest BCUT2D eigenvalue weighted by Crippen LogP contribution is -2.38. The Labute approximate surface area is 165 Å². The molecular weight excluding hydrogens is 373 g/mol. The fraction of sp³-hybridized carbons (Fsp3) is 0.263. The summed E-state index contributed by atoms with van der Waals surface area (Å²) in [6, 6.07) is 13.3. The van der Waals surface area contributed by atoms with E-state index in [1.54, 1.807) is 12.3 Å². The molecule has 1 aromatic carbocycles. The van der Waals surface area contributed by atoms with E-state index in [-0.39, 0.29) is 36.8 Å². The van der Waals surface area contributed by atoms with Crippen LogP contribution in [0.15, 0.2) is 53.1 Å². The van der Waals surface area contributed by atoms with Gasteiger partial charge in [0.15, 0.2) is 5.76 Å². The third-order valence-corrected chi connectivity index (χ3v) is 3.86. The number of nitrogens with one attached hydrogen (secondary N) is 2. The molecule has 0 aliphatic heterocycles. The summed E-state index contributed by atoms with van der Waals surface area (Å²) in [6.45, 7) is 5.53. The summed E-state index contributed by atoms with van der Waals surface area (Å²) in [5, 5.41) is 7.10. The Bertz CT molecular complexity index is 838. The van der Waals surface area contributed by atoms with Gasteiger partial charge in [-0.15, -0.1) is 24.8 Å². The highest BCUT2D eigenvalue weighted by Gasteiger charge is 2.15. The van der Waals surface area contributed by atoms with Crippen LogP contribution in [-0.2, 0) is 0 Å². The third-order valence-electron chi connectivity index (χ3n) is 3.86. The zero-order valence-electron chi connectivity index (χ0n) is 14.7. The Balaban J connectivity index is 0.00000169. The first-order chi connectivity index (χ1) is 11.7. The van der Waals surface area contributed by atoms with Gasteiger partial charge in [0.25, 0.3) is 5.91 Å². The highest BCUT2D eigenvalue weighted by molar-refractivity contribution is 6.07. The predicted molar refractivity (Wildman–Crippen MR) is 109 cm³/mol. The fourth-order valence-corrected chi connectivity index (χ4v) is 2.68. The molecular formula is C19H23Cl2N3O2. The molecule has 7 heteroatoms. The smallest absolute Gasteiger partial charge is 0.252 e. The average Bonchev–Trinajstić information content (AvgIpc) is 3.13. The summed E-state index contributed by atoms with van der Waals surface area (Å²) < 4.78 is 5.43. The second-order valence-corrected chi connectivity index (χ2v) is 5.72. The van der Waals surface area contributed by atoms with Crippen molar-refractivity contribution in [1.82, 2.24) is 15.6 Å². The molecule has 0 saturated heterocycles. The van der Waals surface area contributed by atoms with Gasteiger partial charge in [-0.2, -0.15) is 0 Å². The molecule has 2 aromatic heterocycles. The van der Waals surface area contributed by atoms with Crippen molar-refractivity contribution in [3.05, 3.63) is 54.3 Å². The number of halogens is 2. The second-order valence-electron chi connectivity index (χ2n) is 5.72. The summed E-state index contributed by atoms with van der Waals surface area (Å²) in [5.74, 6) is 0.543. The van der Waals surface area contributed by atoms with Crippen LogP contribution in [0.25, 0.3) is 22.4 Å². The number of fused-ring (bicyclic) bond motifs is 1. The Morgan fingerprint density at radius 2 is 1.96 bits per heavy atom. The standard InChI is InChI=1S/C19H21N3O2.2ClH/c1-3-20-13(2)12-21-19(23)15-11-17(18-9-6-10-24-18)22-16-8-5-4-7-14(15)16;;/h4-11,13,20H,3,12H2,1-2H3,(H,21,23);2*1H/t13-;;/m1../s1. The van der Waals surface area contributed by atoms with Crippen LogP contribution in [0.5, 0.6) is 0 Å². The van der Waals surface area contributed by atoms with Gasteiger partial charge in [-0.1, -0.05) is 25.1 Å². The van der Waals surface area contributed by atoms with Crippen molar-refractivity contribution in [2.75, 3.05) is 13.1 Å². The predicted octanol–water partition coefficient (Wildman–Crippen LogP) is 4.07. The summed E-state index contributed by atoms with van der Waals surface area (Å²) in [4.78, 5) is 17.3. The van der Waals surface area contributed by atoms with Gasteiger partial charge in [-0.25, -0.2) is 4.98 Å². The van der Waals surface area contributed by atoms with Crippen molar-refractivity contribution in [1.29, 1.82) is 0 Å². The normalized spacial score (nSPS) is 11.3. The average molecular weight is 396 g/mol. The molecule has 1 amide bonds. The summed E-state index contributed by atoms with van der Waals surface area (Å²) in [6.07, 6.45) is 1.60. The van der Waals surface area contributed by atoms with E-state index < -0.39 is 0 Å². The van der Waals surface area contributed by atoms with E-state index in [0.29, 0.717) is 23.6 Å².